The quantitative estimate of drug-likeness (QED) is 0.605. The molecule has 1 saturated carbocycles. The third kappa shape index (κ3) is 6.18. The monoisotopic (exact) mass is 298 g/mol. The zero-order chi connectivity index (χ0) is 16.1. The molecule has 1 fully saturated rings. The van der Waals surface area contributed by atoms with Gasteiger partial charge in [0.2, 0.25) is 0 Å². The van der Waals surface area contributed by atoms with Crippen LogP contribution in [-0.4, -0.2) is 34.5 Å². The summed E-state index contributed by atoms with van der Waals surface area (Å²) in [5, 5.41) is 20.6. The number of rotatable bonds is 5. The second-order valence-corrected chi connectivity index (χ2v) is 7.26. The average molecular weight is 298 g/mol. The van der Waals surface area contributed by atoms with E-state index in [1.54, 1.807) is 6.92 Å². The van der Waals surface area contributed by atoms with Crippen LogP contribution in [-0.2, 0) is 9.53 Å². The van der Waals surface area contributed by atoms with Crippen molar-refractivity contribution in [2.45, 2.75) is 71.5 Å². The fraction of sp³-hybridized carbons (Fsp3) is 0.824. The van der Waals surface area contributed by atoms with Crippen molar-refractivity contribution >= 4 is 5.97 Å². The van der Waals surface area contributed by atoms with Crippen LogP contribution in [0.2, 0.25) is 0 Å². The first-order valence-corrected chi connectivity index (χ1v) is 7.91. The van der Waals surface area contributed by atoms with Crippen LogP contribution in [0.3, 0.4) is 0 Å². The van der Waals surface area contributed by atoms with Gasteiger partial charge in [-0.25, -0.2) is 0 Å². The largest absolute Gasteiger partial charge is 0.466 e. The minimum atomic E-state index is -0.966. The minimum Gasteiger partial charge on any atom is -0.466 e. The molecule has 0 spiro atoms. The summed E-state index contributed by atoms with van der Waals surface area (Å²) in [6.45, 7) is 8.07. The molecule has 0 amide bonds. The Kier molecular flexibility index (Phi) is 6.41. The zero-order valence-electron chi connectivity index (χ0n) is 13.8. The van der Waals surface area contributed by atoms with Gasteiger partial charge >= 0.3 is 5.97 Å². The number of aliphatic hydroxyl groups is 2. The molecule has 0 aromatic carbocycles. The van der Waals surface area contributed by atoms with Gasteiger partial charge in [-0.3, -0.25) is 4.79 Å². The van der Waals surface area contributed by atoms with Crippen LogP contribution in [0.5, 0.6) is 0 Å². The van der Waals surface area contributed by atoms with Crippen molar-refractivity contribution < 1.29 is 19.7 Å². The first kappa shape index (κ1) is 18.2. The van der Waals surface area contributed by atoms with Crippen molar-refractivity contribution in [3.8, 4) is 0 Å². The van der Waals surface area contributed by atoms with Crippen LogP contribution in [0.25, 0.3) is 0 Å². The molecule has 0 heterocycles. The van der Waals surface area contributed by atoms with E-state index in [9.17, 15) is 15.0 Å². The molecule has 3 atom stereocenters. The second-order valence-electron chi connectivity index (χ2n) is 7.26. The van der Waals surface area contributed by atoms with E-state index < -0.39 is 11.7 Å². The molecule has 122 valence electrons. The van der Waals surface area contributed by atoms with E-state index in [1.165, 1.54) is 0 Å². The highest BCUT2D eigenvalue weighted by atomic mass is 16.5. The van der Waals surface area contributed by atoms with Gasteiger partial charge in [0.15, 0.2) is 0 Å². The Balaban J connectivity index is 2.59. The van der Waals surface area contributed by atoms with Gasteiger partial charge < -0.3 is 14.9 Å². The fourth-order valence-corrected chi connectivity index (χ4v) is 2.74. The van der Waals surface area contributed by atoms with Crippen molar-refractivity contribution in [3.05, 3.63) is 12.2 Å². The van der Waals surface area contributed by atoms with Crippen molar-refractivity contribution in [2.75, 3.05) is 6.61 Å². The highest BCUT2D eigenvalue weighted by Gasteiger charge is 2.36. The average Bonchev–Trinajstić information content (AvgIpc) is 2.34. The number of allylic oxidation sites excluding steroid dienone is 1. The van der Waals surface area contributed by atoms with Gasteiger partial charge in [0.05, 0.1) is 24.7 Å². The van der Waals surface area contributed by atoms with E-state index in [0.29, 0.717) is 19.4 Å². The topological polar surface area (TPSA) is 66.8 Å². The van der Waals surface area contributed by atoms with Crippen LogP contribution < -0.4 is 0 Å². The molecule has 0 aromatic rings. The Bertz CT molecular complexity index is 369. The summed E-state index contributed by atoms with van der Waals surface area (Å²) in [6, 6.07) is 0. The minimum absolute atomic E-state index is 0.0625. The maximum Gasteiger partial charge on any atom is 0.308 e. The number of aliphatic hydroxyl groups excluding tert-OH is 1. The molecule has 0 saturated heterocycles. The highest BCUT2D eigenvalue weighted by molar-refractivity contribution is 5.70. The Morgan fingerprint density at radius 1 is 1.48 bits per heavy atom. The summed E-state index contributed by atoms with van der Waals surface area (Å²) in [5.74, 6) is -0.130. The van der Waals surface area contributed by atoms with Gasteiger partial charge in [0.1, 0.15) is 0 Å². The maximum atomic E-state index is 11.6. The number of ether oxygens (including phenoxy) is 1. The Hall–Kier alpha value is -0.870. The van der Waals surface area contributed by atoms with Gasteiger partial charge in [-0.2, -0.15) is 0 Å². The second kappa shape index (κ2) is 7.41. The molecule has 2 N–H and O–H groups in total. The smallest absolute Gasteiger partial charge is 0.308 e. The third-order valence-electron chi connectivity index (χ3n) is 4.09. The van der Waals surface area contributed by atoms with Crippen LogP contribution in [0.15, 0.2) is 12.2 Å². The van der Waals surface area contributed by atoms with E-state index in [-0.39, 0.29) is 23.7 Å². The molecule has 0 bridgehead atoms. The van der Waals surface area contributed by atoms with E-state index in [2.05, 4.69) is 0 Å². The maximum absolute atomic E-state index is 11.6. The van der Waals surface area contributed by atoms with E-state index in [4.69, 9.17) is 4.74 Å². The van der Waals surface area contributed by atoms with Gasteiger partial charge in [0, 0.05) is 0 Å². The molecule has 0 radical (unpaired) electrons. The van der Waals surface area contributed by atoms with Crippen LogP contribution in [0.4, 0.5) is 0 Å². The summed E-state index contributed by atoms with van der Waals surface area (Å²) in [4.78, 5) is 11.6. The number of hydrogen-bond donors (Lipinski definition) is 2. The predicted octanol–water partition coefficient (Wildman–Crippen LogP) is 2.82. The van der Waals surface area contributed by atoms with Crippen LogP contribution >= 0.6 is 0 Å². The lowest BCUT2D eigenvalue weighted by Crippen LogP contribution is -2.37. The summed E-state index contributed by atoms with van der Waals surface area (Å²) in [5.41, 5.74) is -1.15. The fourth-order valence-electron chi connectivity index (χ4n) is 2.74. The summed E-state index contributed by atoms with van der Waals surface area (Å²) in [6.07, 6.45) is 6.43. The Morgan fingerprint density at radius 2 is 2.14 bits per heavy atom. The van der Waals surface area contributed by atoms with Gasteiger partial charge in [-0.05, 0) is 43.9 Å². The van der Waals surface area contributed by atoms with E-state index in [1.807, 2.05) is 32.9 Å². The molecule has 4 heteroatoms. The van der Waals surface area contributed by atoms with E-state index in [0.717, 1.165) is 12.8 Å². The zero-order valence-corrected chi connectivity index (χ0v) is 13.8. The molecular weight excluding hydrogens is 268 g/mol. The van der Waals surface area contributed by atoms with Gasteiger partial charge in [0.25, 0.3) is 0 Å². The molecule has 1 aliphatic carbocycles. The highest BCUT2D eigenvalue weighted by Crippen LogP contribution is 2.36. The number of carbonyl (C=O) groups excluding carboxylic acids is 1. The van der Waals surface area contributed by atoms with Crippen LogP contribution in [0, 0.1) is 11.3 Å². The molecule has 1 aliphatic rings. The lowest BCUT2D eigenvalue weighted by Gasteiger charge is -2.35. The lowest BCUT2D eigenvalue weighted by atomic mass is 9.76. The Labute approximate surface area is 128 Å². The molecule has 0 aliphatic heterocycles. The first-order valence-electron chi connectivity index (χ1n) is 7.91. The third-order valence-corrected chi connectivity index (χ3v) is 4.09. The summed E-state index contributed by atoms with van der Waals surface area (Å²) in [7, 11) is 0. The SMILES string of the molecule is CCOC(=O)CC1(O)CCCC(C=CC(O)C(C)(C)C)C1. The predicted molar refractivity (Wildman–Crippen MR) is 82.8 cm³/mol. The van der Waals surface area contributed by atoms with Gasteiger partial charge in [-0.15, -0.1) is 0 Å². The van der Waals surface area contributed by atoms with Crippen molar-refractivity contribution in [1.82, 2.24) is 0 Å². The molecule has 0 aromatic heterocycles. The summed E-state index contributed by atoms with van der Waals surface area (Å²) < 4.78 is 4.93. The molecule has 1 rings (SSSR count). The standard InChI is InChI=1S/C17H30O4/c1-5-21-15(19)12-17(20)10-6-7-13(11-17)8-9-14(18)16(2,3)4/h8-9,13-14,18,20H,5-7,10-12H2,1-4H3. The number of carbonyl (C=O) groups is 1. The summed E-state index contributed by atoms with van der Waals surface area (Å²) >= 11 is 0. The van der Waals surface area contributed by atoms with Gasteiger partial charge in [-0.1, -0.05) is 32.9 Å². The molecule has 21 heavy (non-hydrogen) atoms. The van der Waals surface area contributed by atoms with Crippen molar-refractivity contribution in [2.24, 2.45) is 11.3 Å². The molecule has 4 nitrogen and oxygen atoms in total. The van der Waals surface area contributed by atoms with E-state index >= 15 is 0 Å². The normalized spacial score (nSPS) is 28.6. The molecule has 3 unspecified atom stereocenters. The number of hydrogen-bond acceptors (Lipinski definition) is 4. The molecular formula is C17H30O4. The lowest BCUT2D eigenvalue weighted by molar-refractivity contribution is -0.150. The first-order chi connectivity index (χ1) is 9.66. The van der Waals surface area contributed by atoms with Crippen LogP contribution in [0.1, 0.15) is 59.8 Å². The van der Waals surface area contributed by atoms with Crippen molar-refractivity contribution in [3.63, 3.8) is 0 Å². The van der Waals surface area contributed by atoms with Crippen molar-refractivity contribution in [1.29, 1.82) is 0 Å². The Morgan fingerprint density at radius 3 is 2.71 bits per heavy atom. The number of esters is 1.